The summed E-state index contributed by atoms with van der Waals surface area (Å²) in [6, 6.07) is 14.0. The van der Waals surface area contributed by atoms with Crippen LogP contribution in [0.3, 0.4) is 0 Å². The number of aryl methyl sites for hydroxylation is 1. The van der Waals surface area contributed by atoms with Gasteiger partial charge in [-0.05, 0) is 44.2 Å². The zero-order chi connectivity index (χ0) is 20.5. The fourth-order valence-corrected chi connectivity index (χ4v) is 3.81. The van der Waals surface area contributed by atoms with E-state index in [2.05, 4.69) is 20.6 Å². The van der Waals surface area contributed by atoms with Crippen molar-refractivity contribution >= 4 is 38.4 Å². The lowest BCUT2D eigenvalue weighted by atomic mass is 10.1. The van der Waals surface area contributed by atoms with Crippen LogP contribution in [-0.4, -0.2) is 36.7 Å². The van der Waals surface area contributed by atoms with Crippen LogP contribution in [0.25, 0.3) is 15.9 Å². The van der Waals surface area contributed by atoms with Crippen molar-refractivity contribution in [1.82, 2.24) is 14.8 Å². The molecule has 0 aliphatic carbocycles. The van der Waals surface area contributed by atoms with Gasteiger partial charge in [0.05, 0.1) is 38.4 Å². The number of hydrazone groups is 1. The van der Waals surface area contributed by atoms with Crippen molar-refractivity contribution in [1.29, 1.82) is 0 Å². The Morgan fingerprint density at radius 3 is 2.76 bits per heavy atom. The number of para-hydroxylation sites is 1. The quantitative estimate of drug-likeness (QED) is 0.340. The number of carboxylic acid groups (broad SMARTS) is 1. The normalized spacial score (nSPS) is 11.7. The van der Waals surface area contributed by atoms with E-state index >= 15 is 0 Å². The second-order valence-corrected chi connectivity index (χ2v) is 7.38. The first-order valence-corrected chi connectivity index (χ1v) is 9.54. The second kappa shape index (κ2) is 7.36. The largest absolute Gasteiger partial charge is 0.493 e. The highest BCUT2D eigenvalue weighted by Gasteiger charge is 2.19. The van der Waals surface area contributed by atoms with Gasteiger partial charge in [-0.3, -0.25) is 5.43 Å². The maximum atomic E-state index is 11.2. The summed E-state index contributed by atoms with van der Waals surface area (Å²) in [6.45, 7) is 3.51. The molecule has 0 amide bonds. The summed E-state index contributed by atoms with van der Waals surface area (Å²) in [5.41, 5.74) is 5.94. The smallest absolute Gasteiger partial charge is 0.335 e. The Morgan fingerprint density at radius 1 is 1.21 bits per heavy atom. The number of hydrogen-bond donors (Lipinski definition) is 3. The summed E-state index contributed by atoms with van der Waals surface area (Å²) in [4.78, 5) is 15.7. The van der Waals surface area contributed by atoms with E-state index in [0.717, 1.165) is 10.2 Å². The Balaban J connectivity index is 1.65. The third kappa shape index (κ3) is 3.55. The topological polar surface area (TPSA) is 113 Å². The number of carboxylic acids is 1. The molecule has 0 spiro atoms. The average Bonchev–Trinajstić information content (AvgIpc) is 3.26. The van der Waals surface area contributed by atoms with E-state index < -0.39 is 5.97 Å². The molecule has 2 aromatic heterocycles. The molecular formula is C20H17N5O3S. The SMILES string of the molecule is CC(=NNc1nc2ccccc2s1)c1c(C)nn(-c2cccc(C(=O)O)c2)c1O. The van der Waals surface area contributed by atoms with E-state index in [-0.39, 0.29) is 11.4 Å². The van der Waals surface area contributed by atoms with Crippen molar-refractivity contribution in [3.63, 3.8) is 0 Å². The van der Waals surface area contributed by atoms with Crippen LogP contribution in [0.4, 0.5) is 5.13 Å². The molecule has 0 bridgehead atoms. The van der Waals surface area contributed by atoms with Gasteiger partial charge < -0.3 is 10.2 Å². The molecule has 9 heteroatoms. The number of aromatic nitrogens is 3. The number of thiazole rings is 1. The standard InChI is InChI=1S/C20H17N5O3S/c1-11(22-23-20-21-15-8-3-4-9-16(15)29-20)17-12(2)24-25(18(17)26)14-7-5-6-13(10-14)19(27)28/h3-10,26H,1-2H3,(H,21,23)(H,27,28). The van der Waals surface area contributed by atoms with Gasteiger partial charge in [0, 0.05) is 0 Å². The number of aromatic carboxylic acids is 1. The lowest BCUT2D eigenvalue weighted by molar-refractivity contribution is 0.0697. The molecule has 0 unspecified atom stereocenters. The predicted molar refractivity (Wildman–Crippen MR) is 112 cm³/mol. The van der Waals surface area contributed by atoms with Crippen molar-refractivity contribution in [3.05, 3.63) is 65.4 Å². The minimum atomic E-state index is -1.05. The molecule has 2 heterocycles. The summed E-state index contributed by atoms with van der Waals surface area (Å²) in [7, 11) is 0. The lowest BCUT2D eigenvalue weighted by Crippen LogP contribution is -2.02. The molecule has 0 atom stereocenters. The van der Waals surface area contributed by atoms with Crippen molar-refractivity contribution in [2.75, 3.05) is 5.43 Å². The number of nitrogens with zero attached hydrogens (tertiary/aromatic N) is 4. The molecule has 0 saturated carbocycles. The molecule has 2 aromatic carbocycles. The van der Waals surface area contributed by atoms with Gasteiger partial charge in [0.15, 0.2) is 0 Å². The van der Waals surface area contributed by atoms with Crippen LogP contribution in [0.15, 0.2) is 53.6 Å². The van der Waals surface area contributed by atoms with Gasteiger partial charge in [0.25, 0.3) is 0 Å². The van der Waals surface area contributed by atoms with E-state index in [0.29, 0.717) is 27.8 Å². The molecule has 0 saturated heterocycles. The number of fused-ring (bicyclic) bond motifs is 1. The summed E-state index contributed by atoms with van der Waals surface area (Å²) in [5, 5.41) is 29.2. The molecule has 146 valence electrons. The van der Waals surface area contributed by atoms with Gasteiger partial charge in [-0.1, -0.05) is 29.5 Å². The lowest BCUT2D eigenvalue weighted by Gasteiger charge is -2.05. The van der Waals surface area contributed by atoms with Gasteiger partial charge in [-0.25, -0.2) is 14.5 Å². The second-order valence-electron chi connectivity index (χ2n) is 6.35. The van der Waals surface area contributed by atoms with Crippen LogP contribution in [0.1, 0.15) is 28.5 Å². The van der Waals surface area contributed by atoms with Crippen LogP contribution in [0, 0.1) is 6.92 Å². The molecule has 4 rings (SSSR count). The van der Waals surface area contributed by atoms with Gasteiger partial charge >= 0.3 is 5.97 Å². The molecule has 8 nitrogen and oxygen atoms in total. The molecule has 0 radical (unpaired) electrons. The highest BCUT2D eigenvalue weighted by Crippen LogP contribution is 2.28. The highest BCUT2D eigenvalue weighted by molar-refractivity contribution is 7.22. The summed E-state index contributed by atoms with van der Waals surface area (Å²) >= 11 is 1.48. The van der Waals surface area contributed by atoms with Gasteiger partial charge in [-0.2, -0.15) is 10.2 Å². The first-order valence-electron chi connectivity index (χ1n) is 8.72. The molecule has 29 heavy (non-hydrogen) atoms. The van der Waals surface area contributed by atoms with Crippen molar-refractivity contribution in [3.8, 4) is 11.6 Å². The summed E-state index contributed by atoms with van der Waals surface area (Å²) in [5.74, 6) is -1.16. The Hall–Kier alpha value is -3.72. The average molecular weight is 407 g/mol. The van der Waals surface area contributed by atoms with Crippen molar-refractivity contribution in [2.24, 2.45) is 5.10 Å². The third-order valence-corrected chi connectivity index (χ3v) is 5.29. The van der Waals surface area contributed by atoms with Crippen LogP contribution in [0.5, 0.6) is 5.88 Å². The van der Waals surface area contributed by atoms with E-state index in [1.54, 1.807) is 26.0 Å². The number of carbonyl (C=O) groups is 1. The van der Waals surface area contributed by atoms with Crippen LogP contribution < -0.4 is 5.43 Å². The Morgan fingerprint density at radius 2 is 2.00 bits per heavy atom. The van der Waals surface area contributed by atoms with Crippen molar-refractivity contribution in [2.45, 2.75) is 13.8 Å². The Labute approximate surface area is 169 Å². The molecule has 0 aliphatic rings. The van der Waals surface area contributed by atoms with Crippen LogP contribution >= 0.6 is 11.3 Å². The third-order valence-electron chi connectivity index (χ3n) is 4.35. The number of rotatable bonds is 5. The summed E-state index contributed by atoms with van der Waals surface area (Å²) in [6.07, 6.45) is 0. The van der Waals surface area contributed by atoms with E-state index in [1.165, 1.54) is 28.2 Å². The monoisotopic (exact) mass is 407 g/mol. The number of aromatic hydroxyl groups is 1. The number of anilines is 1. The van der Waals surface area contributed by atoms with Gasteiger partial charge in [0.1, 0.15) is 0 Å². The number of nitrogens with one attached hydrogen (secondary N) is 1. The highest BCUT2D eigenvalue weighted by atomic mass is 32.1. The van der Waals surface area contributed by atoms with Gasteiger partial charge in [-0.15, -0.1) is 0 Å². The van der Waals surface area contributed by atoms with Crippen LogP contribution in [0.2, 0.25) is 0 Å². The first-order chi connectivity index (χ1) is 13.9. The Bertz CT molecular complexity index is 1230. The zero-order valence-corrected chi connectivity index (χ0v) is 16.4. The van der Waals surface area contributed by atoms with Crippen molar-refractivity contribution < 1.29 is 15.0 Å². The van der Waals surface area contributed by atoms with E-state index in [1.807, 2.05) is 24.3 Å². The van der Waals surface area contributed by atoms with E-state index in [4.69, 9.17) is 0 Å². The van der Waals surface area contributed by atoms with E-state index in [9.17, 15) is 15.0 Å². The molecule has 4 aromatic rings. The van der Waals surface area contributed by atoms with Crippen LogP contribution in [-0.2, 0) is 0 Å². The first kappa shape index (κ1) is 18.6. The fourth-order valence-electron chi connectivity index (χ4n) is 3.00. The minimum absolute atomic E-state index is 0.111. The maximum Gasteiger partial charge on any atom is 0.335 e. The number of hydrogen-bond acceptors (Lipinski definition) is 7. The summed E-state index contributed by atoms with van der Waals surface area (Å²) < 4.78 is 2.35. The molecular weight excluding hydrogens is 390 g/mol. The fraction of sp³-hybridized carbons (Fsp3) is 0.100. The maximum absolute atomic E-state index is 11.2. The molecule has 0 aliphatic heterocycles. The predicted octanol–water partition coefficient (Wildman–Crippen LogP) is 4.03. The minimum Gasteiger partial charge on any atom is -0.493 e. The number of benzene rings is 2. The zero-order valence-electron chi connectivity index (χ0n) is 15.6. The molecule has 3 N–H and O–H groups in total. The molecule has 0 fully saturated rings. The van der Waals surface area contributed by atoms with Gasteiger partial charge in [0.2, 0.25) is 11.0 Å². The Kier molecular flexibility index (Phi) is 4.73.